The molecule has 3 heterocycles. The van der Waals surface area contributed by atoms with E-state index in [1.54, 1.807) is 23.1 Å². The van der Waals surface area contributed by atoms with E-state index in [1.807, 2.05) is 79.7 Å². The lowest BCUT2D eigenvalue weighted by molar-refractivity contribution is -0.123. The molecule has 1 aliphatic heterocycles. The van der Waals surface area contributed by atoms with E-state index in [-0.39, 0.29) is 29.9 Å². The normalized spacial score (nSPS) is 14.8. The van der Waals surface area contributed by atoms with Crippen LogP contribution >= 0.6 is 11.8 Å². The molecule has 6 rings (SSSR count). The maximum absolute atomic E-state index is 14.5. The quantitative estimate of drug-likeness (QED) is 0.262. The predicted octanol–water partition coefficient (Wildman–Crippen LogP) is 5.87. The molecule has 0 saturated heterocycles. The number of aryl methyl sites for hydroxylation is 1. The molecule has 0 aliphatic carbocycles. The lowest BCUT2D eigenvalue weighted by Gasteiger charge is -2.23. The van der Waals surface area contributed by atoms with Crippen LogP contribution in [0.3, 0.4) is 0 Å². The molecule has 1 aliphatic rings. The van der Waals surface area contributed by atoms with Crippen molar-refractivity contribution in [2.75, 3.05) is 17.2 Å². The third kappa shape index (κ3) is 5.69. The molecule has 0 bridgehead atoms. The highest BCUT2D eigenvalue weighted by Gasteiger charge is 2.37. The van der Waals surface area contributed by atoms with Gasteiger partial charge in [0.25, 0.3) is 0 Å². The van der Waals surface area contributed by atoms with Gasteiger partial charge in [-0.3, -0.25) is 19.5 Å². The Labute approximate surface area is 247 Å². The lowest BCUT2D eigenvalue weighted by Crippen LogP contribution is -2.42. The molecule has 7 nitrogen and oxygen atoms in total. The van der Waals surface area contributed by atoms with Crippen LogP contribution in [-0.2, 0) is 16.1 Å². The fourth-order valence-corrected chi connectivity index (χ4v) is 6.22. The average molecular weight is 578 g/mol. The molecule has 1 atom stereocenters. The van der Waals surface area contributed by atoms with Gasteiger partial charge in [0, 0.05) is 30.1 Å². The van der Waals surface area contributed by atoms with Gasteiger partial charge < -0.3 is 5.32 Å². The number of carbonyl (C=O) groups is 2. The Morgan fingerprint density at radius 3 is 2.50 bits per heavy atom. The van der Waals surface area contributed by atoms with Gasteiger partial charge in [0.15, 0.2) is 0 Å². The molecule has 1 N–H and O–H groups in total. The Morgan fingerprint density at radius 1 is 1.00 bits per heavy atom. The van der Waals surface area contributed by atoms with Crippen molar-refractivity contribution in [2.24, 2.45) is 0 Å². The fraction of sp³-hybridized carbons (Fsp3) is 0.152. The SMILES string of the molecule is Cc1ccc(-n2nc(-c3ccccc3)c3c2N(CC(=O)NCc2ccncc2)C(=O)CSC3c2cccc(F)c2)cc1. The van der Waals surface area contributed by atoms with Crippen LogP contribution < -0.4 is 10.2 Å². The first kappa shape index (κ1) is 27.4. The molecule has 0 fully saturated rings. The molecule has 0 saturated carbocycles. The molecule has 0 spiro atoms. The molecule has 42 heavy (non-hydrogen) atoms. The number of amides is 2. The van der Waals surface area contributed by atoms with Crippen LogP contribution in [0.4, 0.5) is 10.2 Å². The number of nitrogens with one attached hydrogen (secondary N) is 1. The highest BCUT2D eigenvalue weighted by Crippen LogP contribution is 2.48. The second-order valence-electron chi connectivity index (χ2n) is 10.1. The summed E-state index contributed by atoms with van der Waals surface area (Å²) in [5.74, 6) is -0.286. The number of halogens is 1. The van der Waals surface area contributed by atoms with Crippen molar-refractivity contribution in [3.8, 4) is 16.9 Å². The molecule has 3 aromatic carbocycles. The zero-order valence-electron chi connectivity index (χ0n) is 22.9. The summed E-state index contributed by atoms with van der Waals surface area (Å²) in [4.78, 5) is 32.7. The average Bonchev–Trinajstić information content (AvgIpc) is 3.33. The third-order valence-corrected chi connectivity index (χ3v) is 8.36. The second kappa shape index (κ2) is 12.0. The summed E-state index contributed by atoms with van der Waals surface area (Å²) >= 11 is 1.41. The monoisotopic (exact) mass is 577 g/mol. The number of anilines is 1. The zero-order valence-corrected chi connectivity index (χ0v) is 23.7. The van der Waals surface area contributed by atoms with E-state index in [9.17, 15) is 14.0 Å². The van der Waals surface area contributed by atoms with Crippen molar-refractivity contribution >= 4 is 29.4 Å². The van der Waals surface area contributed by atoms with Gasteiger partial charge in [0.2, 0.25) is 11.8 Å². The minimum Gasteiger partial charge on any atom is -0.350 e. The van der Waals surface area contributed by atoms with Crippen molar-refractivity contribution < 1.29 is 14.0 Å². The van der Waals surface area contributed by atoms with Crippen molar-refractivity contribution in [1.82, 2.24) is 20.1 Å². The van der Waals surface area contributed by atoms with Crippen LogP contribution in [0.15, 0.2) is 103 Å². The van der Waals surface area contributed by atoms with E-state index in [0.29, 0.717) is 18.1 Å². The van der Waals surface area contributed by atoms with Gasteiger partial charge in [0.05, 0.1) is 22.4 Å². The number of fused-ring (bicyclic) bond motifs is 1. The zero-order chi connectivity index (χ0) is 29.1. The molecule has 1 unspecified atom stereocenters. The van der Waals surface area contributed by atoms with Crippen LogP contribution in [0.25, 0.3) is 16.9 Å². The van der Waals surface area contributed by atoms with Gasteiger partial charge in [-0.1, -0.05) is 60.2 Å². The number of rotatable bonds is 7. The minimum atomic E-state index is -0.404. The number of nitrogens with zero attached hydrogens (tertiary/aromatic N) is 4. The van der Waals surface area contributed by atoms with E-state index in [2.05, 4.69) is 10.3 Å². The molecule has 9 heteroatoms. The van der Waals surface area contributed by atoms with Gasteiger partial charge in [-0.05, 0) is 54.4 Å². The molecule has 5 aromatic rings. The third-order valence-electron chi connectivity index (χ3n) is 7.11. The number of benzene rings is 3. The first-order chi connectivity index (χ1) is 20.5. The Morgan fingerprint density at radius 2 is 1.76 bits per heavy atom. The summed E-state index contributed by atoms with van der Waals surface area (Å²) in [5.41, 5.74) is 5.74. The summed E-state index contributed by atoms with van der Waals surface area (Å²) < 4.78 is 16.3. The van der Waals surface area contributed by atoms with Crippen LogP contribution in [0, 0.1) is 12.7 Å². The maximum atomic E-state index is 14.5. The van der Waals surface area contributed by atoms with Gasteiger partial charge >= 0.3 is 0 Å². The largest absolute Gasteiger partial charge is 0.350 e. The molecule has 2 aromatic heterocycles. The van der Waals surface area contributed by atoms with Crippen molar-refractivity contribution in [1.29, 1.82) is 0 Å². The van der Waals surface area contributed by atoms with Crippen molar-refractivity contribution in [2.45, 2.75) is 18.7 Å². The fourth-order valence-electron chi connectivity index (χ4n) is 5.03. The number of pyridine rings is 1. The minimum absolute atomic E-state index is 0.107. The van der Waals surface area contributed by atoms with E-state index in [1.165, 1.54) is 28.8 Å². The number of hydrogen-bond acceptors (Lipinski definition) is 5. The molecule has 0 radical (unpaired) electrons. The highest BCUT2D eigenvalue weighted by atomic mass is 32.2. The predicted molar refractivity (Wildman–Crippen MR) is 163 cm³/mol. The van der Waals surface area contributed by atoms with Crippen LogP contribution in [-0.4, -0.2) is 38.9 Å². The molecule has 210 valence electrons. The molecular formula is C33H28FN5O2S. The standard InChI is InChI=1S/C33H28FN5O2S/c1-22-10-12-27(13-11-22)39-33-30(31(37-39)24-6-3-2-4-7-24)32(25-8-5-9-26(34)18-25)42-21-29(41)38(33)20-28(40)36-19-23-14-16-35-17-15-23/h2-18,32H,19-21H2,1H3,(H,36,40). The van der Waals surface area contributed by atoms with Gasteiger partial charge in [-0.2, -0.15) is 5.10 Å². The summed E-state index contributed by atoms with van der Waals surface area (Å²) in [6.45, 7) is 2.12. The van der Waals surface area contributed by atoms with Gasteiger partial charge in [-0.25, -0.2) is 9.07 Å². The van der Waals surface area contributed by atoms with Crippen molar-refractivity contribution in [3.63, 3.8) is 0 Å². The summed E-state index contributed by atoms with van der Waals surface area (Å²) in [7, 11) is 0. The summed E-state index contributed by atoms with van der Waals surface area (Å²) in [6, 6.07) is 27.7. The Bertz CT molecular complexity index is 1730. The Balaban J connectivity index is 1.52. The van der Waals surface area contributed by atoms with Crippen LogP contribution in [0.1, 0.15) is 27.5 Å². The first-order valence-electron chi connectivity index (χ1n) is 13.6. The number of thioether (sulfide) groups is 1. The van der Waals surface area contributed by atoms with Gasteiger partial charge in [-0.15, -0.1) is 11.8 Å². The summed E-state index contributed by atoms with van der Waals surface area (Å²) in [5, 5.41) is 7.59. The van der Waals surface area contributed by atoms with Crippen LogP contribution in [0.2, 0.25) is 0 Å². The highest BCUT2D eigenvalue weighted by molar-refractivity contribution is 8.00. The van der Waals surface area contributed by atoms with Crippen molar-refractivity contribution in [3.05, 3.63) is 131 Å². The van der Waals surface area contributed by atoms with E-state index in [4.69, 9.17) is 5.10 Å². The lowest BCUT2D eigenvalue weighted by atomic mass is 9.99. The number of hydrogen-bond donors (Lipinski definition) is 1. The van der Waals surface area contributed by atoms with E-state index in [0.717, 1.165) is 33.5 Å². The Hall–Kier alpha value is -4.76. The Kier molecular flexibility index (Phi) is 7.83. The van der Waals surface area contributed by atoms with E-state index >= 15 is 0 Å². The smallest absolute Gasteiger partial charge is 0.240 e. The second-order valence-corrected chi connectivity index (χ2v) is 11.2. The van der Waals surface area contributed by atoms with Crippen LogP contribution in [0.5, 0.6) is 0 Å². The number of carbonyl (C=O) groups excluding carboxylic acids is 2. The topological polar surface area (TPSA) is 80.1 Å². The first-order valence-corrected chi connectivity index (χ1v) is 14.6. The molecular weight excluding hydrogens is 549 g/mol. The van der Waals surface area contributed by atoms with Gasteiger partial charge in [0.1, 0.15) is 18.2 Å². The number of aromatic nitrogens is 3. The summed E-state index contributed by atoms with van der Waals surface area (Å²) in [6.07, 6.45) is 3.34. The maximum Gasteiger partial charge on any atom is 0.240 e. The molecule has 2 amide bonds. The van der Waals surface area contributed by atoms with E-state index < -0.39 is 5.25 Å².